The molecule has 0 saturated heterocycles. The molecule has 0 atom stereocenters. The van der Waals surface area contributed by atoms with Crippen molar-refractivity contribution in [2.24, 2.45) is 0 Å². The molecule has 0 bridgehead atoms. The van der Waals surface area contributed by atoms with Gasteiger partial charge >= 0.3 is 0 Å². The summed E-state index contributed by atoms with van der Waals surface area (Å²) in [5.74, 6) is 1.05. The van der Waals surface area contributed by atoms with Crippen LogP contribution in [0.3, 0.4) is 0 Å². The number of carbonyl (C=O) groups excluding carboxylic acids is 1. The maximum Gasteiger partial charge on any atom is 0.283 e. The topological polar surface area (TPSA) is 113 Å². The van der Waals surface area contributed by atoms with Gasteiger partial charge in [0.2, 0.25) is 5.91 Å². The summed E-state index contributed by atoms with van der Waals surface area (Å²) in [5.41, 5.74) is 1.48. The highest BCUT2D eigenvalue weighted by Crippen LogP contribution is 2.23. The van der Waals surface area contributed by atoms with Crippen LogP contribution in [0.15, 0.2) is 46.5 Å². The van der Waals surface area contributed by atoms with Gasteiger partial charge in [-0.1, -0.05) is 11.8 Å². The van der Waals surface area contributed by atoms with E-state index in [9.17, 15) is 9.59 Å². The number of benzene rings is 1. The third kappa shape index (κ3) is 4.97. The molecule has 1 amide bonds. The van der Waals surface area contributed by atoms with Gasteiger partial charge in [-0.2, -0.15) is 5.26 Å². The summed E-state index contributed by atoms with van der Waals surface area (Å²) in [6, 6.07) is 11.0. The third-order valence-electron chi connectivity index (χ3n) is 4.07. The summed E-state index contributed by atoms with van der Waals surface area (Å²) >= 11 is 1.34. The fourth-order valence-electron chi connectivity index (χ4n) is 2.74. The van der Waals surface area contributed by atoms with Gasteiger partial charge in [0.1, 0.15) is 11.3 Å². The van der Waals surface area contributed by atoms with Crippen LogP contribution < -0.4 is 15.6 Å². The SMILES string of the molecule is CCOc1ccc(-n2c(SCCC(=O)NCCC#N)nc3cc[nH]c3c2=O)cc1. The Hall–Kier alpha value is -3.25. The molecule has 3 rings (SSSR count). The minimum absolute atomic E-state index is 0.134. The molecule has 29 heavy (non-hydrogen) atoms. The molecule has 1 aromatic carbocycles. The maximum absolute atomic E-state index is 13.0. The third-order valence-corrected chi connectivity index (χ3v) is 5.01. The lowest BCUT2D eigenvalue weighted by molar-refractivity contribution is -0.120. The summed E-state index contributed by atoms with van der Waals surface area (Å²) in [7, 11) is 0. The number of aromatic amines is 1. The van der Waals surface area contributed by atoms with E-state index < -0.39 is 0 Å². The number of ether oxygens (including phenoxy) is 1. The Bertz CT molecular complexity index is 1080. The molecule has 2 aromatic heterocycles. The van der Waals surface area contributed by atoms with Crippen LogP contribution in [0.2, 0.25) is 0 Å². The van der Waals surface area contributed by atoms with Crippen LogP contribution in [0.4, 0.5) is 0 Å². The minimum Gasteiger partial charge on any atom is -0.494 e. The number of hydrogen-bond acceptors (Lipinski definition) is 6. The quantitative estimate of drug-likeness (QED) is 0.318. The molecule has 0 radical (unpaired) electrons. The standard InChI is InChI=1S/C20H21N5O3S/c1-2-28-15-6-4-14(5-7-15)25-19(27)18-16(8-12-23-18)24-20(25)29-13-9-17(26)22-11-3-10-21/h4-8,12,23H,2-3,9,11,13H2,1H3,(H,22,26). The van der Waals surface area contributed by atoms with Crippen molar-refractivity contribution in [2.45, 2.75) is 24.9 Å². The molecule has 8 nitrogen and oxygen atoms in total. The van der Waals surface area contributed by atoms with Crippen LogP contribution in [-0.2, 0) is 4.79 Å². The van der Waals surface area contributed by atoms with Crippen molar-refractivity contribution in [3.8, 4) is 17.5 Å². The number of thioether (sulfide) groups is 1. The van der Waals surface area contributed by atoms with Gasteiger partial charge in [0, 0.05) is 24.9 Å². The molecule has 0 aliphatic rings. The highest BCUT2D eigenvalue weighted by atomic mass is 32.2. The predicted molar refractivity (Wildman–Crippen MR) is 111 cm³/mol. The number of rotatable bonds is 9. The van der Waals surface area contributed by atoms with Gasteiger partial charge in [-0.3, -0.25) is 14.2 Å². The van der Waals surface area contributed by atoms with E-state index in [1.807, 2.05) is 25.1 Å². The predicted octanol–water partition coefficient (Wildman–Crippen LogP) is 2.62. The van der Waals surface area contributed by atoms with Crippen LogP contribution in [0, 0.1) is 11.3 Å². The molecule has 0 aliphatic heterocycles. The smallest absolute Gasteiger partial charge is 0.283 e. The van der Waals surface area contributed by atoms with Crippen LogP contribution in [0.5, 0.6) is 5.75 Å². The van der Waals surface area contributed by atoms with E-state index in [1.165, 1.54) is 16.3 Å². The summed E-state index contributed by atoms with van der Waals surface area (Å²) < 4.78 is 7.00. The van der Waals surface area contributed by atoms with E-state index in [0.717, 1.165) is 5.75 Å². The lowest BCUT2D eigenvalue weighted by atomic mass is 10.3. The van der Waals surface area contributed by atoms with E-state index in [0.29, 0.717) is 40.8 Å². The van der Waals surface area contributed by atoms with Crippen molar-refractivity contribution in [2.75, 3.05) is 18.9 Å². The Morgan fingerprint density at radius 2 is 2.14 bits per heavy atom. The number of fused-ring (bicyclic) bond motifs is 1. The van der Waals surface area contributed by atoms with Gasteiger partial charge in [-0.15, -0.1) is 0 Å². The Morgan fingerprint density at radius 1 is 1.34 bits per heavy atom. The highest BCUT2D eigenvalue weighted by molar-refractivity contribution is 7.99. The largest absolute Gasteiger partial charge is 0.494 e. The first kappa shape index (κ1) is 20.5. The van der Waals surface area contributed by atoms with E-state index in [4.69, 9.17) is 10.00 Å². The number of carbonyl (C=O) groups is 1. The number of hydrogen-bond donors (Lipinski definition) is 2. The molecule has 3 aromatic rings. The fourth-order valence-corrected chi connectivity index (χ4v) is 3.69. The molecule has 0 fully saturated rings. The number of amides is 1. The normalized spacial score (nSPS) is 10.6. The maximum atomic E-state index is 13.0. The molecule has 0 spiro atoms. The van der Waals surface area contributed by atoms with Gasteiger partial charge in [0.05, 0.1) is 30.3 Å². The lowest BCUT2D eigenvalue weighted by Crippen LogP contribution is -2.25. The number of aromatic nitrogens is 3. The number of H-pyrrole nitrogens is 1. The van der Waals surface area contributed by atoms with Crippen molar-refractivity contribution in [3.63, 3.8) is 0 Å². The average Bonchev–Trinajstić information content (AvgIpc) is 3.19. The molecular formula is C20H21N5O3S. The summed E-state index contributed by atoms with van der Waals surface area (Å²) in [6.45, 7) is 2.81. The summed E-state index contributed by atoms with van der Waals surface area (Å²) in [4.78, 5) is 32.4. The molecule has 2 heterocycles. The summed E-state index contributed by atoms with van der Waals surface area (Å²) in [5, 5.41) is 11.7. The van der Waals surface area contributed by atoms with E-state index in [-0.39, 0.29) is 24.3 Å². The van der Waals surface area contributed by atoms with E-state index >= 15 is 0 Å². The fraction of sp³-hybridized carbons (Fsp3) is 0.300. The van der Waals surface area contributed by atoms with Crippen molar-refractivity contribution in [1.29, 1.82) is 5.26 Å². The molecule has 2 N–H and O–H groups in total. The zero-order valence-corrected chi connectivity index (χ0v) is 16.8. The van der Waals surface area contributed by atoms with E-state index in [2.05, 4.69) is 15.3 Å². The van der Waals surface area contributed by atoms with E-state index in [1.54, 1.807) is 24.4 Å². The number of nitrogens with zero attached hydrogens (tertiary/aromatic N) is 3. The Kier molecular flexibility index (Phi) is 6.92. The van der Waals surface area contributed by atoms with Crippen molar-refractivity contribution in [1.82, 2.24) is 19.9 Å². The van der Waals surface area contributed by atoms with Gasteiger partial charge in [-0.05, 0) is 37.3 Å². The molecular weight excluding hydrogens is 390 g/mol. The number of nitriles is 1. The zero-order chi connectivity index (χ0) is 20.6. The zero-order valence-electron chi connectivity index (χ0n) is 16.0. The molecule has 9 heteroatoms. The van der Waals surface area contributed by atoms with Crippen LogP contribution in [-0.4, -0.2) is 39.3 Å². The molecule has 0 unspecified atom stereocenters. The first-order valence-electron chi connectivity index (χ1n) is 9.24. The van der Waals surface area contributed by atoms with Crippen molar-refractivity contribution >= 4 is 28.7 Å². The van der Waals surface area contributed by atoms with Crippen molar-refractivity contribution < 1.29 is 9.53 Å². The van der Waals surface area contributed by atoms with Crippen LogP contribution in [0.25, 0.3) is 16.7 Å². The van der Waals surface area contributed by atoms with Crippen LogP contribution >= 0.6 is 11.8 Å². The van der Waals surface area contributed by atoms with Gasteiger partial charge in [-0.25, -0.2) is 4.98 Å². The van der Waals surface area contributed by atoms with Gasteiger partial charge < -0.3 is 15.0 Å². The van der Waals surface area contributed by atoms with Crippen LogP contribution in [0.1, 0.15) is 19.8 Å². The molecule has 0 aliphatic carbocycles. The Balaban J connectivity index is 1.84. The van der Waals surface area contributed by atoms with Gasteiger partial charge in [0.25, 0.3) is 5.56 Å². The Morgan fingerprint density at radius 3 is 2.86 bits per heavy atom. The first-order valence-corrected chi connectivity index (χ1v) is 10.2. The highest BCUT2D eigenvalue weighted by Gasteiger charge is 2.15. The molecule has 150 valence electrons. The van der Waals surface area contributed by atoms with Crippen molar-refractivity contribution in [3.05, 3.63) is 46.9 Å². The number of nitrogens with one attached hydrogen (secondary N) is 2. The van der Waals surface area contributed by atoms with Gasteiger partial charge in [0.15, 0.2) is 5.16 Å². The summed E-state index contributed by atoms with van der Waals surface area (Å²) in [6.07, 6.45) is 2.22. The second-order valence-corrected chi connectivity index (χ2v) is 7.12. The second-order valence-electron chi connectivity index (χ2n) is 6.06. The molecule has 0 saturated carbocycles. The average molecular weight is 411 g/mol. The minimum atomic E-state index is -0.204. The first-order chi connectivity index (χ1) is 14.1. The second kappa shape index (κ2) is 9.80. The lowest BCUT2D eigenvalue weighted by Gasteiger charge is -2.13. The monoisotopic (exact) mass is 411 g/mol. The Labute approximate surface area is 171 Å².